The molecule has 1 aliphatic rings. The summed E-state index contributed by atoms with van der Waals surface area (Å²) in [4.78, 5) is 29.0. The van der Waals surface area contributed by atoms with E-state index in [1.165, 1.54) is 0 Å². The first kappa shape index (κ1) is 17.2. The topological polar surface area (TPSA) is 70.5 Å². The van der Waals surface area contributed by atoms with Crippen LogP contribution in [0.4, 0.5) is 0 Å². The number of carbonyl (C=O) groups excluding carboxylic acids is 2. The van der Waals surface area contributed by atoms with Gasteiger partial charge in [0.25, 0.3) is 5.91 Å². The second-order valence-electron chi connectivity index (χ2n) is 6.18. The van der Waals surface area contributed by atoms with Crippen LogP contribution in [0, 0.1) is 0 Å². The Balaban J connectivity index is 1.75. The summed E-state index contributed by atoms with van der Waals surface area (Å²) in [6.45, 7) is 2.30. The van der Waals surface area contributed by atoms with E-state index in [9.17, 15) is 9.59 Å². The van der Waals surface area contributed by atoms with Gasteiger partial charge in [0, 0.05) is 46.5 Å². The molecule has 0 aliphatic carbocycles. The van der Waals surface area contributed by atoms with Crippen molar-refractivity contribution in [3.8, 4) is 0 Å². The molecular weight excluding hydrogens is 318 g/mol. The van der Waals surface area contributed by atoms with Gasteiger partial charge in [0.2, 0.25) is 5.91 Å². The van der Waals surface area contributed by atoms with Crippen LogP contribution in [0.15, 0.2) is 42.6 Å². The Morgan fingerprint density at radius 2 is 1.96 bits per heavy atom. The molecule has 3 rings (SSSR count). The number of amides is 2. The lowest BCUT2D eigenvalue weighted by Crippen LogP contribution is -2.59. The molecule has 1 atom stereocenters. The predicted octanol–water partition coefficient (Wildman–Crippen LogP) is 0.493. The summed E-state index contributed by atoms with van der Waals surface area (Å²) in [7, 11) is 3.38. The average Bonchev–Trinajstić information content (AvgIpc) is 3.07. The van der Waals surface area contributed by atoms with E-state index in [0.29, 0.717) is 31.9 Å². The van der Waals surface area contributed by atoms with Gasteiger partial charge in [0.1, 0.15) is 11.7 Å². The number of carbonyl (C=O) groups is 2. The average molecular weight is 341 g/mol. The Morgan fingerprint density at radius 3 is 2.60 bits per heavy atom. The van der Waals surface area contributed by atoms with Crippen molar-refractivity contribution in [3.63, 3.8) is 0 Å². The lowest BCUT2D eigenvalue weighted by atomic mass is 10.1. The second kappa shape index (κ2) is 7.48. The number of piperazine rings is 1. The highest BCUT2D eigenvalue weighted by atomic mass is 16.2. The first-order valence-electron chi connectivity index (χ1n) is 8.37. The van der Waals surface area contributed by atoms with Gasteiger partial charge < -0.3 is 10.2 Å². The van der Waals surface area contributed by atoms with Crippen LogP contribution in [-0.4, -0.2) is 64.1 Å². The molecule has 1 aliphatic heterocycles. The Kier molecular flexibility index (Phi) is 5.14. The number of aromatic nitrogens is 2. The Bertz CT molecular complexity index is 743. The standard InChI is InChI=1S/C18H23N5O2/c1-19-17(24)16-13-23(18(25)15-8-9-20-21(15)2)11-10-22(16)12-14-6-4-3-5-7-14/h3-9,16H,10-13H2,1-2H3,(H,19,24)/t16-/m1/s1. The van der Waals surface area contributed by atoms with Crippen LogP contribution in [0.1, 0.15) is 16.1 Å². The van der Waals surface area contributed by atoms with E-state index in [1.807, 2.05) is 30.3 Å². The monoisotopic (exact) mass is 341 g/mol. The fourth-order valence-corrected chi connectivity index (χ4v) is 3.17. The number of benzene rings is 1. The zero-order chi connectivity index (χ0) is 17.8. The molecule has 25 heavy (non-hydrogen) atoms. The second-order valence-corrected chi connectivity index (χ2v) is 6.18. The van der Waals surface area contributed by atoms with Crippen molar-refractivity contribution in [2.24, 2.45) is 7.05 Å². The summed E-state index contributed by atoms with van der Waals surface area (Å²) in [5.74, 6) is -0.160. The zero-order valence-electron chi connectivity index (χ0n) is 14.6. The van der Waals surface area contributed by atoms with Crippen molar-refractivity contribution in [1.29, 1.82) is 0 Å². The van der Waals surface area contributed by atoms with Gasteiger partial charge in [0.05, 0.1) is 0 Å². The number of likely N-dealkylation sites (N-methyl/N-ethyl adjacent to an activating group) is 1. The van der Waals surface area contributed by atoms with E-state index in [4.69, 9.17) is 0 Å². The molecule has 1 aromatic heterocycles. The fourth-order valence-electron chi connectivity index (χ4n) is 3.17. The Hall–Kier alpha value is -2.67. The van der Waals surface area contributed by atoms with E-state index in [0.717, 1.165) is 5.56 Å². The van der Waals surface area contributed by atoms with E-state index in [-0.39, 0.29) is 17.9 Å². The molecule has 0 bridgehead atoms. The molecule has 0 unspecified atom stereocenters. The van der Waals surface area contributed by atoms with Crippen molar-refractivity contribution in [3.05, 3.63) is 53.9 Å². The number of nitrogens with one attached hydrogen (secondary N) is 1. The summed E-state index contributed by atoms with van der Waals surface area (Å²) >= 11 is 0. The van der Waals surface area contributed by atoms with E-state index < -0.39 is 0 Å². The first-order chi connectivity index (χ1) is 12.1. The maximum absolute atomic E-state index is 12.7. The third-order valence-electron chi connectivity index (χ3n) is 4.60. The Labute approximate surface area is 147 Å². The first-order valence-corrected chi connectivity index (χ1v) is 8.37. The molecular formula is C18H23N5O2. The van der Waals surface area contributed by atoms with Crippen LogP contribution in [0.2, 0.25) is 0 Å². The summed E-state index contributed by atoms with van der Waals surface area (Å²) in [5, 5.41) is 6.77. The van der Waals surface area contributed by atoms with E-state index in [2.05, 4.69) is 15.3 Å². The maximum atomic E-state index is 12.7. The van der Waals surface area contributed by atoms with Crippen molar-refractivity contribution in [1.82, 2.24) is 24.9 Å². The summed E-state index contributed by atoms with van der Waals surface area (Å²) < 4.78 is 1.56. The lowest BCUT2D eigenvalue weighted by molar-refractivity contribution is -0.128. The molecule has 2 aromatic rings. The molecule has 1 N–H and O–H groups in total. The third kappa shape index (κ3) is 3.71. The summed E-state index contributed by atoms with van der Waals surface area (Å²) in [6, 6.07) is 11.4. The quantitative estimate of drug-likeness (QED) is 0.879. The summed E-state index contributed by atoms with van der Waals surface area (Å²) in [5.41, 5.74) is 1.69. The van der Waals surface area contributed by atoms with Crippen LogP contribution < -0.4 is 5.32 Å². The SMILES string of the molecule is CNC(=O)[C@H]1CN(C(=O)c2ccnn2C)CCN1Cc1ccccc1. The molecule has 7 heteroatoms. The van der Waals surface area contributed by atoms with E-state index in [1.54, 1.807) is 35.9 Å². The largest absolute Gasteiger partial charge is 0.358 e. The van der Waals surface area contributed by atoms with E-state index >= 15 is 0 Å². The van der Waals surface area contributed by atoms with Gasteiger partial charge in [0.15, 0.2) is 0 Å². The fraction of sp³-hybridized carbons (Fsp3) is 0.389. The van der Waals surface area contributed by atoms with Crippen molar-refractivity contribution in [2.75, 3.05) is 26.7 Å². The maximum Gasteiger partial charge on any atom is 0.272 e. The van der Waals surface area contributed by atoms with Crippen molar-refractivity contribution in [2.45, 2.75) is 12.6 Å². The van der Waals surface area contributed by atoms with Crippen molar-refractivity contribution < 1.29 is 9.59 Å². The minimum Gasteiger partial charge on any atom is -0.358 e. The summed E-state index contributed by atoms with van der Waals surface area (Å²) in [6.07, 6.45) is 1.61. The van der Waals surface area contributed by atoms with Gasteiger partial charge in [-0.1, -0.05) is 30.3 Å². The van der Waals surface area contributed by atoms with Crippen LogP contribution in [0.25, 0.3) is 0 Å². The molecule has 0 radical (unpaired) electrons. The van der Waals surface area contributed by atoms with Gasteiger partial charge in [-0.3, -0.25) is 19.2 Å². The molecule has 1 saturated heterocycles. The molecule has 1 fully saturated rings. The number of hydrogen-bond donors (Lipinski definition) is 1. The Morgan fingerprint density at radius 1 is 1.20 bits per heavy atom. The normalized spacial score (nSPS) is 18.2. The highest BCUT2D eigenvalue weighted by Gasteiger charge is 2.34. The molecule has 0 saturated carbocycles. The van der Waals surface area contributed by atoms with Gasteiger partial charge in [-0.15, -0.1) is 0 Å². The lowest BCUT2D eigenvalue weighted by Gasteiger charge is -2.40. The van der Waals surface area contributed by atoms with Crippen LogP contribution in [0.5, 0.6) is 0 Å². The number of aryl methyl sites for hydroxylation is 1. The van der Waals surface area contributed by atoms with Gasteiger partial charge in [-0.05, 0) is 11.6 Å². The molecule has 132 valence electrons. The molecule has 2 heterocycles. The number of rotatable bonds is 4. The van der Waals surface area contributed by atoms with Crippen LogP contribution in [0.3, 0.4) is 0 Å². The van der Waals surface area contributed by atoms with Crippen LogP contribution >= 0.6 is 0 Å². The van der Waals surface area contributed by atoms with Gasteiger partial charge >= 0.3 is 0 Å². The minimum atomic E-state index is -0.365. The highest BCUT2D eigenvalue weighted by Crippen LogP contribution is 2.16. The molecule has 2 amide bonds. The molecule has 0 spiro atoms. The number of nitrogens with zero attached hydrogens (tertiary/aromatic N) is 4. The predicted molar refractivity (Wildman–Crippen MR) is 93.8 cm³/mol. The molecule has 1 aromatic carbocycles. The van der Waals surface area contributed by atoms with Crippen molar-refractivity contribution >= 4 is 11.8 Å². The molecule has 7 nitrogen and oxygen atoms in total. The van der Waals surface area contributed by atoms with Gasteiger partial charge in [-0.2, -0.15) is 5.10 Å². The van der Waals surface area contributed by atoms with Gasteiger partial charge in [-0.25, -0.2) is 0 Å². The van der Waals surface area contributed by atoms with Crippen LogP contribution in [-0.2, 0) is 18.4 Å². The smallest absolute Gasteiger partial charge is 0.272 e. The third-order valence-corrected chi connectivity index (χ3v) is 4.60. The highest BCUT2D eigenvalue weighted by molar-refractivity contribution is 5.93. The minimum absolute atomic E-state index is 0.0709. The number of hydrogen-bond acceptors (Lipinski definition) is 4. The zero-order valence-corrected chi connectivity index (χ0v) is 14.6.